The van der Waals surface area contributed by atoms with E-state index in [0.29, 0.717) is 6.54 Å². The second-order valence-corrected chi connectivity index (χ2v) is 2.36. The van der Waals surface area contributed by atoms with Crippen molar-refractivity contribution in [1.29, 1.82) is 0 Å². The van der Waals surface area contributed by atoms with Crippen LogP contribution in [0.4, 0.5) is 0 Å². The predicted octanol–water partition coefficient (Wildman–Crippen LogP) is -1.00. The van der Waals surface area contributed by atoms with Crippen LogP contribution in [-0.2, 0) is 4.79 Å². The smallest absolute Gasteiger partial charge is 0.320 e. The molecule has 0 aliphatic heterocycles. The summed E-state index contributed by atoms with van der Waals surface area (Å²) in [7, 11) is 0. The topological polar surface area (TPSA) is 101 Å². The molecule has 0 radical (unpaired) electrons. The number of aliphatic hydroxyl groups excluding tert-OH is 1. The van der Waals surface area contributed by atoms with Gasteiger partial charge >= 0.3 is 5.97 Å². The third-order valence-electron chi connectivity index (χ3n) is 1.36. The van der Waals surface area contributed by atoms with Gasteiger partial charge in [0.1, 0.15) is 6.04 Å². The Hall–Kier alpha value is -0.650. The molecule has 5 heteroatoms. The Kier molecular flexibility index (Phi) is 9.79. The van der Waals surface area contributed by atoms with Crippen LogP contribution in [0.2, 0.25) is 0 Å². The average Bonchev–Trinajstić information content (AvgIpc) is 1.97. The zero-order valence-electron chi connectivity index (χ0n) is 7.21. The maximum Gasteiger partial charge on any atom is 0.320 e. The van der Waals surface area contributed by atoms with E-state index in [1.165, 1.54) is 0 Å². The van der Waals surface area contributed by atoms with Gasteiger partial charge in [-0.3, -0.25) is 4.79 Å². The molecule has 0 amide bonds. The van der Waals surface area contributed by atoms with Crippen LogP contribution in [0.1, 0.15) is 19.8 Å². The van der Waals surface area contributed by atoms with Gasteiger partial charge in [-0.2, -0.15) is 0 Å². The first-order valence-corrected chi connectivity index (χ1v) is 3.79. The molecule has 0 unspecified atom stereocenters. The lowest BCUT2D eigenvalue weighted by Gasteiger charge is -2.11. The summed E-state index contributed by atoms with van der Waals surface area (Å²) < 4.78 is 0. The quantitative estimate of drug-likeness (QED) is 0.486. The maximum atomic E-state index is 10.4. The Bertz CT molecular complexity index is 118. The van der Waals surface area contributed by atoms with E-state index < -0.39 is 12.0 Å². The second-order valence-electron chi connectivity index (χ2n) is 2.36. The summed E-state index contributed by atoms with van der Waals surface area (Å²) in [6, 6.07) is -0.597. The van der Waals surface area contributed by atoms with Crippen molar-refractivity contribution < 1.29 is 20.5 Å². The number of rotatable bonds is 6. The van der Waals surface area contributed by atoms with Crippen LogP contribution in [0.15, 0.2) is 0 Å². The van der Waals surface area contributed by atoms with Crippen molar-refractivity contribution in [2.24, 2.45) is 0 Å². The normalized spacial score (nSPS) is 11.8. The number of nitrogens with one attached hydrogen (secondary N) is 1. The van der Waals surface area contributed by atoms with E-state index in [1.807, 2.05) is 6.92 Å². The Morgan fingerprint density at radius 2 is 2.17 bits per heavy atom. The summed E-state index contributed by atoms with van der Waals surface area (Å²) in [5.41, 5.74) is 0. The molecule has 0 aromatic carbocycles. The molecule has 0 rings (SSSR count). The van der Waals surface area contributed by atoms with Gasteiger partial charge < -0.3 is 21.0 Å². The van der Waals surface area contributed by atoms with E-state index in [-0.39, 0.29) is 18.5 Å². The summed E-state index contributed by atoms with van der Waals surface area (Å²) in [5.74, 6) is -0.896. The molecule has 12 heavy (non-hydrogen) atoms. The summed E-state index contributed by atoms with van der Waals surface area (Å²) in [4.78, 5) is 10.4. The van der Waals surface area contributed by atoms with Gasteiger partial charge in [-0.1, -0.05) is 6.92 Å². The SMILES string of the molecule is CCCN[C@@H](CCO)C(=O)O.O. The molecular formula is C7H17NO4. The predicted molar refractivity (Wildman–Crippen MR) is 45.0 cm³/mol. The Morgan fingerprint density at radius 3 is 2.50 bits per heavy atom. The zero-order valence-corrected chi connectivity index (χ0v) is 7.21. The number of hydrogen-bond donors (Lipinski definition) is 3. The van der Waals surface area contributed by atoms with Crippen molar-refractivity contribution in [1.82, 2.24) is 5.32 Å². The molecule has 0 heterocycles. The van der Waals surface area contributed by atoms with Gasteiger partial charge in [0, 0.05) is 6.61 Å². The van der Waals surface area contributed by atoms with Crippen LogP contribution in [-0.4, -0.2) is 40.9 Å². The summed E-state index contributed by atoms with van der Waals surface area (Å²) >= 11 is 0. The first kappa shape index (κ1) is 13.9. The van der Waals surface area contributed by atoms with Crippen LogP contribution < -0.4 is 5.32 Å². The van der Waals surface area contributed by atoms with Gasteiger partial charge in [0.15, 0.2) is 0 Å². The number of hydrogen-bond acceptors (Lipinski definition) is 3. The van der Waals surface area contributed by atoms with E-state index in [1.54, 1.807) is 0 Å². The van der Waals surface area contributed by atoms with Crippen molar-refractivity contribution in [2.75, 3.05) is 13.2 Å². The van der Waals surface area contributed by atoms with E-state index >= 15 is 0 Å². The standard InChI is InChI=1S/C7H15NO3.H2O/c1-2-4-8-6(3-5-9)7(10)11;/h6,8-9H,2-5H2,1H3,(H,10,11);1H2/t6-;/m0./s1. The fourth-order valence-electron chi connectivity index (χ4n) is 0.761. The lowest BCUT2D eigenvalue weighted by Crippen LogP contribution is -2.37. The zero-order chi connectivity index (χ0) is 8.69. The minimum atomic E-state index is -0.896. The highest BCUT2D eigenvalue weighted by Gasteiger charge is 2.14. The van der Waals surface area contributed by atoms with Gasteiger partial charge in [-0.05, 0) is 19.4 Å². The van der Waals surface area contributed by atoms with Gasteiger partial charge in [-0.15, -0.1) is 0 Å². The number of carbonyl (C=O) groups is 1. The highest BCUT2D eigenvalue weighted by molar-refractivity contribution is 5.73. The number of aliphatic hydroxyl groups is 1. The molecule has 0 saturated heterocycles. The third kappa shape index (κ3) is 6.09. The van der Waals surface area contributed by atoms with Crippen molar-refractivity contribution in [3.63, 3.8) is 0 Å². The molecular weight excluding hydrogens is 162 g/mol. The lowest BCUT2D eigenvalue weighted by atomic mass is 10.2. The van der Waals surface area contributed by atoms with Crippen LogP contribution in [0.25, 0.3) is 0 Å². The molecule has 0 aliphatic carbocycles. The van der Waals surface area contributed by atoms with E-state index in [9.17, 15) is 4.79 Å². The van der Waals surface area contributed by atoms with Gasteiger partial charge in [0.25, 0.3) is 0 Å². The second kappa shape index (κ2) is 8.45. The molecule has 0 fully saturated rings. The minimum absolute atomic E-state index is 0. The molecule has 1 atom stereocenters. The molecule has 5 nitrogen and oxygen atoms in total. The van der Waals surface area contributed by atoms with Crippen molar-refractivity contribution in [3.8, 4) is 0 Å². The Balaban J connectivity index is 0. The van der Waals surface area contributed by atoms with Crippen molar-refractivity contribution in [2.45, 2.75) is 25.8 Å². The minimum Gasteiger partial charge on any atom is -0.480 e. The molecule has 0 spiro atoms. The third-order valence-corrected chi connectivity index (χ3v) is 1.36. The first-order valence-electron chi connectivity index (χ1n) is 3.79. The highest BCUT2D eigenvalue weighted by atomic mass is 16.4. The first-order chi connectivity index (χ1) is 5.22. The molecule has 74 valence electrons. The molecule has 5 N–H and O–H groups in total. The fourth-order valence-corrected chi connectivity index (χ4v) is 0.761. The number of carboxylic acid groups (broad SMARTS) is 1. The number of aliphatic carboxylic acids is 1. The van der Waals surface area contributed by atoms with E-state index in [4.69, 9.17) is 10.2 Å². The van der Waals surface area contributed by atoms with Gasteiger partial charge in [0.05, 0.1) is 0 Å². The lowest BCUT2D eigenvalue weighted by molar-refractivity contribution is -0.139. The van der Waals surface area contributed by atoms with Crippen LogP contribution >= 0.6 is 0 Å². The molecule has 0 aliphatic rings. The molecule has 0 bridgehead atoms. The summed E-state index contributed by atoms with van der Waals surface area (Å²) in [6.45, 7) is 2.55. The van der Waals surface area contributed by atoms with E-state index in [0.717, 1.165) is 6.42 Å². The monoisotopic (exact) mass is 179 g/mol. The number of carboxylic acids is 1. The Labute approximate surface area is 71.7 Å². The van der Waals surface area contributed by atoms with Crippen LogP contribution in [0.3, 0.4) is 0 Å². The van der Waals surface area contributed by atoms with Crippen LogP contribution in [0.5, 0.6) is 0 Å². The summed E-state index contributed by atoms with van der Waals surface area (Å²) in [5, 5.41) is 19.8. The van der Waals surface area contributed by atoms with Crippen LogP contribution in [0, 0.1) is 0 Å². The van der Waals surface area contributed by atoms with E-state index in [2.05, 4.69) is 5.32 Å². The van der Waals surface area contributed by atoms with Crippen molar-refractivity contribution in [3.05, 3.63) is 0 Å². The molecule has 0 aromatic heterocycles. The Morgan fingerprint density at radius 1 is 1.58 bits per heavy atom. The molecule has 0 saturated carbocycles. The largest absolute Gasteiger partial charge is 0.480 e. The maximum absolute atomic E-state index is 10.4. The average molecular weight is 179 g/mol. The summed E-state index contributed by atoms with van der Waals surface area (Å²) in [6.07, 6.45) is 1.17. The van der Waals surface area contributed by atoms with Gasteiger partial charge in [0.2, 0.25) is 0 Å². The van der Waals surface area contributed by atoms with Gasteiger partial charge in [-0.25, -0.2) is 0 Å². The molecule has 0 aromatic rings. The highest BCUT2D eigenvalue weighted by Crippen LogP contribution is 1.90. The fraction of sp³-hybridized carbons (Fsp3) is 0.857. The van der Waals surface area contributed by atoms with Crippen molar-refractivity contribution >= 4 is 5.97 Å².